The monoisotopic (exact) mass is 368 g/mol. The Bertz CT molecular complexity index is 929. The van der Waals surface area contributed by atoms with Crippen molar-refractivity contribution >= 4 is 22.2 Å². The normalized spacial score (nSPS) is 11.9. The van der Waals surface area contributed by atoms with Gasteiger partial charge in [0.15, 0.2) is 0 Å². The van der Waals surface area contributed by atoms with E-state index in [1.54, 1.807) is 11.4 Å². The molecule has 0 bridgehead atoms. The number of nitrogens with one attached hydrogen (secondary N) is 1. The van der Waals surface area contributed by atoms with Crippen molar-refractivity contribution in [2.75, 3.05) is 0 Å². The third-order valence-electron chi connectivity index (χ3n) is 3.71. The number of hydrogen-bond donors (Lipinski definition) is 1. The van der Waals surface area contributed by atoms with Crippen molar-refractivity contribution in [3.05, 3.63) is 51.8 Å². The molecule has 0 fully saturated rings. The summed E-state index contributed by atoms with van der Waals surface area (Å²) < 4.78 is 39.9. The molecular weight excluding hydrogens is 353 g/mol. The van der Waals surface area contributed by atoms with Crippen LogP contribution in [0, 0.1) is 6.92 Å². The quantitative estimate of drug-likeness (QED) is 0.765. The molecule has 1 aromatic carbocycles. The lowest BCUT2D eigenvalue weighted by Crippen LogP contribution is -2.24. The summed E-state index contributed by atoms with van der Waals surface area (Å²) >= 11 is 1.47. The molecule has 0 saturated heterocycles. The summed E-state index contributed by atoms with van der Waals surface area (Å²) in [7, 11) is 0. The van der Waals surface area contributed by atoms with E-state index in [1.165, 1.54) is 23.5 Å². The number of nitrogens with zero attached hydrogens (tertiary/aromatic N) is 3. The predicted molar refractivity (Wildman–Crippen MR) is 87.6 cm³/mol. The summed E-state index contributed by atoms with van der Waals surface area (Å²) in [6.07, 6.45) is -3.70. The largest absolute Gasteiger partial charge is 0.416 e. The molecule has 132 valence electrons. The number of carbonyl (C=O) groups excluding carboxylic acids is 1. The number of imidazole rings is 1. The Labute approximate surface area is 145 Å². The zero-order valence-electron chi connectivity index (χ0n) is 13.5. The number of fused-ring (bicyclic) bond motifs is 1. The maximum Gasteiger partial charge on any atom is 0.416 e. The van der Waals surface area contributed by atoms with E-state index in [0.29, 0.717) is 5.69 Å². The van der Waals surface area contributed by atoms with Gasteiger partial charge in [-0.25, -0.2) is 9.50 Å². The van der Waals surface area contributed by atoms with E-state index in [2.05, 4.69) is 15.4 Å². The first kappa shape index (κ1) is 17.4. The van der Waals surface area contributed by atoms with Crippen molar-refractivity contribution in [1.82, 2.24) is 19.9 Å². The molecule has 0 atom stereocenters. The molecule has 3 aromatic rings. The summed E-state index contributed by atoms with van der Waals surface area (Å²) in [5.74, 6) is -0.577. The number of aryl methyl sites for hydroxylation is 2. The first-order valence-corrected chi connectivity index (χ1v) is 8.40. The number of rotatable bonds is 4. The van der Waals surface area contributed by atoms with Gasteiger partial charge in [-0.05, 0) is 31.5 Å². The number of hydrogen-bond acceptors (Lipinski definition) is 4. The highest BCUT2D eigenvalue weighted by Crippen LogP contribution is 2.29. The molecule has 0 saturated carbocycles. The summed E-state index contributed by atoms with van der Waals surface area (Å²) in [5, 5.41) is 7.98. The van der Waals surface area contributed by atoms with Crippen LogP contribution in [0.3, 0.4) is 0 Å². The lowest BCUT2D eigenvalue weighted by atomic mass is 10.1. The molecule has 0 spiro atoms. The van der Waals surface area contributed by atoms with Gasteiger partial charge in [0.2, 0.25) is 4.96 Å². The van der Waals surface area contributed by atoms with Crippen molar-refractivity contribution in [3.63, 3.8) is 0 Å². The number of alkyl halides is 3. The summed E-state index contributed by atoms with van der Waals surface area (Å²) in [4.78, 5) is 17.3. The molecule has 0 unspecified atom stereocenters. The number of carbonyl (C=O) groups is 1. The van der Waals surface area contributed by atoms with Gasteiger partial charge in [-0.3, -0.25) is 4.79 Å². The third-order valence-corrected chi connectivity index (χ3v) is 4.76. The summed E-state index contributed by atoms with van der Waals surface area (Å²) in [5.41, 5.74) is 0.549. The van der Waals surface area contributed by atoms with Crippen LogP contribution in [0.1, 0.15) is 39.2 Å². The topological polar surface area (TPSA) is 59.3 Å². The number of aromatic nitrogens is 3. The first-order chi connectivity index (χ1) is 11.8. The highest BCUT2D eigenvalue weighted by molar-refractivity contribution is 7.16. The molecule has 0 aliphatic carbocycles. The van der Waals surface area contributed by atoms with E-state index in [0.717, 1.165) is 34.2 Å². The van der Waals surface area contributed by atoms with Gasteiger partial charge in [-0.2, -0.15) is 18.3 Å². The van der Waals surface area contributed by atoms with Crippen molar-refractivity contribution in [2.45, 2.75) is 33.0 Å². The molecule has 0 radical (unpaired) electrons. The van der Waals surface area contributed by atoms with Gasteiger partial charge in [-0.1, -0.05) is 24.3 Å². The second kappa shape index (κ2) is 6.47. The lowest BCUT2D eigenvalue weighted by Gasteiger charge is -2.09. The fourth-order valence-corrected chi connectivity index (χ4v) is 3.28. The van der Waals surface area contributed by atoms with Gasteiger partial charge in [0, 0.05) is 5.56 Å². The maximum absolute atomic E-state index is 12.8. The molecule has 25 heavy (non-hydrogen) atoms. The van der Waals surface area contributed by atoms with Crippen molar-refractivity contribution < 1.29 is 18.0 Å². The van der Waals surface area contributed by atoms with Gasteiger partial charge in [0.25, 0.3) is 5.91 Å². The van der Waals surface area contributed by atoms with E-state index in [4.69, 9.17) is 0 Å². The Morgan fingerprint density at radius 3 is 2.80 bits per heavy atom. The maximum atomic E-state index is 12.8. The van der Waals surface area contributed by atoms with Crippen LogP contribution in [0.5, 0.6) is 0 Å². The van der Waals surface area contributed by atoms with Gasteiger partial charge >= 0.3 is 6.18 Å². The third kappa shape index (κ3) is 3.51. The highest BCUT2D eigenvalue weighted by atomic mass is 32.1. The Hall–Kier alpha value is -2.42. The Morgan fingerprint density at radius 1 is 1.36 bits per heavy atom. The molecule has 0 aliphatic heterocycles. The number of halogens is 3. The second-order valence-electron chi connectivity index (χ2n) is 5.45. The van der Waals surface area contributed by atoms with Crippen LogP contribution in [0.2, 0.25) is 0 Å². The van der Waals surface area contributed by atoms with E-state index < -0.39 is 17.6 Å². The fraction of sp³-hybridized carbons (Fsp3) is 0.312. The molecule has 1 N–H and O–H groups in total. The molecule has 9 heteroatoms. The summed E-state index contributed by atoms with van der Waals surface area (Å²) in [6.45, 7) is 3.92. The molecule has 5 nitrogen and oxygen atoms in total. The van der Waals surface area contributed by atoms with Crippen LogP contribution < -0.4 is 5.32 Å². The van der Waals surface area contributed by atoms with Crippen LogP contribution in [-0.2, 0) is 19.1 Å². The molecular formula is C16H15F3N4OS. The predicted octanol–water partition coefficient (Wildman–Crippen LogP) is 3.61. The Kier molecular flexibility index (Phi) is 4.51. The zero-order chi connectivity index (χ0) is 18.2. The minimum absolute atomic E-state index is 0.0410. The average molecular weight is 368 g/mol. The van der Waals surface area contributed by atoms with E-state index in [-0.39, 0.29) is 12.1 Å². The minimum atomic E-state index is -4.48. The van der Waals surface area contributed by atoms with Crippen molar-refractivity contribution in [2.24, 2.45) is 0 Å². The van der Waals surface area contributed by atoms with E-state index in [9.17, 15) is 18.0 Å². The standard InChI is InChI=1S/C16H15F3N4OS/c1-3-13-22-23-12(9(2)21-15(23)25-13)8-20-14(24)10-5-4-6-11(7-10)16(17,18)19/h4-7H,3,8H2,1-2H3,(H,20,24). The number of amides is 1. The number of benzene rings is 1. The average Bonchev–Trinajstić information content (AvgIpc) is 3.08. The lowest BCUT2D eigenvalue weighted by molar-refractivity contribution is -0.137. The van der Waals surface area contributed by atoms with E-state index >= 15 is 0 Å². The van der Waals surface area contributed by atoms with Crippen LogP contribution in [-0.4, -0.2) is 20.5 Å². The molecule has 3 rings (SSSR count). The highest BCUT2D eigenvalue weighted by Gasteiger charge is 2.30. The molecule has 0 aliphatic rings. The van der Waals surface area contributed by atoms with E-state index in [1.807, 2.05) is 6.92 Å². The summed E-state index contributed by atoms with van der Waals surface area (Å²) in [6, 6.07) is 4.34. The molecule has 2 aromatic heterocycles. The van der Waals surface area contributed by atoms with Gasteiger partial charge in [0.05, 0.1) is 23.5 Å². The SMILES string of the molecule is CCc1nn2c(CNC(=O)c3cccc(C(F)(F)F)c3)c(C)nc2s1. The molecule has 2 heterocycles. The van der Waals surface area contributed by atoms with Crippen LogP contribution >= 0.6 is 11.3 Å². The van der Waals surface area contributed by atoms with Crippen LogP contribution in [0.4, 0.5) is 13.2 Å². The minimum Gasteiger partial charge on any atom is -0.346 e. The van der Waals surface area contributed by atoms with Crippen molar-refractivity contribution in [1.29, 1.82) is 0 Å². The smallest absolute Gasteiger partial charge is 0.346 e. The van der Waals surface area contributed by atoms with Crippen molar-refractivity contribution in [3.8, 4) is 0 Å². The zero-order valence-corrected chi connectivity index (χ0v) is 14.3. The van der Waals surface area contributed by atoms with Gasteiger partial charge in [0.1, 0.15) is 5.01 Å². The Balaban J connectivity index is 1.79. The van der Waals surface area contributed by atoms with Gasteiger partial charge < -0.3 is 5.32 Å². The first-order valence-electron chi connectivity index (χ1n) is 7.59. The van der Waals surface area contributed by atoms with Crippen LogP contribution in [0.15, 0.2) is 24.3 Å². The molecule has 1 amide bonds. The fourth-order valence-electron chi connectivity index (χ4n) is 2.38. The Morgan fingerprint density at radius 2 is 2.12 bits per heavy atom. The second-order valence-corrected chi connectivity index (χ2v) is 6.49. The van der Waals surface area contributed by atoms with Crippen LogP contribution in [0.25, 0.3) is 4.96 Å². The van der Waals surface area contributed by atoms with Gasteiger partial charge in [-0.15, -0.1) is 0 Å².